The standard InChI is InChI=1S/C24H29F3O/c1-3-4-14-5-6-16-10-17(8-7-15(16)9-14)22-20(25)12-18-11-19(28-2)13-21(26)23(18)24(22)27/h11-17H,3-10H2,1-2H3/t14?,15-,16?,17-/m1/s1. The molecular formula is C24H29F3O. The van der Waals surface area contributed by atoms with Gasteiger partial charge in [-0.1, -0.05) is 26.2 Å². The maximum absolute atomic E-state index is 15.3. The van der Waals surface area contributed by atoms with Gasteiger partial charge in [0.1, 0.15) is 23.2 Å². The van der Waals surface area contributed by atoms with E-state index >= 15 is 4.39 Å². The zero-order chi connectivity index (χ0) is 19.8. The molecule has 0 spiro atoms. The Balaban J connectivity index is 1.62. The molecule has 2 aliphatic carbocycles. The van der Waals surface area contributed by atoms with E-state index in [4.69, 9.17) is 4.74 Å². The molecule has 0 heterocycles. The van der Waals surface area contributed by atoms with Crippen molar-refractivity contribution in [3.05, 3.63) is 41.2 Å². The second-order valence-corrected chi connectivity index (χ2v) is 8.79. The molecule has 0 amide bonds. The minimum absolute atomic E-state index is 0.0886. The maximum Gasteiger partial charge on any atom is 0.140 e. The summed E-state index contributed by atoms with van der Waals surface area (Å²) in [7, 11) is 1.41. The van der Waals surface area contributed by atoms with E-state index in [1.165, 1.54) is 51.0 Å². The molecule has 4 heteroatoms. The molecule has 0 saturated heterocycles. The number of hydrogen-bond acceptors (Lipinski definition) is 1. The summed E-state index contributed by atoms with van der Waals surface area (Å²) < 4.78 is 49.7. The van der Waals surface area contributed by atoms with E-state index in [0.717, 1.165) is 31.6 Å². The van der Waals surface area contributed by atoms with Gasteiger partial charge in [-0.3, -0.25) is 0 Å². The number of halogens is 3. The summed E-state index contributed by atoms with van der Waals surface area (Å²) in [4.78, 5) is 0. The summed E-state index contributed by atoms with van der Waals surface area (Å²) in [5.41, 5.74) is 0.0886. The third-order valence-corrected chi connectivity index (χ3v) is 7.15. The van der Waals surface area contributed by atoms with Crippen LogP contribution in [0, 0.1) is 35.2 Å². The molecule has 0 aliphatic heterocycles. The van der Waals surface area contributed by atoms with Crippen LogP contribution in [0.4, 0.5) is 13.2 Å². The van der Waals surface area contributed by atoms with Gasteiger partial charge in [-0.25, -0.2) is 13.2 Å². The predicted octanol–water partition coefficient (Wildman–Crippen LogP) is 7.37. The number of fused-ring (bicyclic) bond motifs is 2. The first kappa shape index (κ1) is 19.6. The quantitative estimate of drug-likeness (QED) is 0.530. The SMILES string of the molecule is CCCC1CCC2C[C@H](c3c(F)cc4cc(OC)cc(F)c4c3F)CC[C@@H]2C1. The molecule has 0 aromatic heterocycles. The average Bonchev–Trinajstić information content (AvgIpc) is 2.67. The molecule has 2 saturated carbocycles. The Labute approximate surface area is 165 Å². The Morgan fingerprint density at radius 1 is 0.929 bits per heavy atom. The molecule has 1 nitrogen and oxygen atoms in total. The van der Waals surface area contributed by atoms with Gasteiger partial charge < -0.3 is 4.74 Å². The van der Waals surface area contributed by atoms with E-state index in [2.05, 4.69) is 6.92 Å². The molecule has 28 heavy (non-hydrogen) atoms. The van der Waals surface area contributed by atoms with Crippen LogP contribution in [0.5, 0.6) is 5.75 Å². The van der Waals surface area contributed by atoms with Crippen molar-refractivity contribution in [2.24, 2.45) is 17.8 Å². The summed E-state index contributed by atoms with van der Waals surface area (Å²) in [6.45, 7) is 2.24. The number of methoxy groups -OCH3 is 1. The molecule has 152 valence electrons. The number of rotatable bonds is 4. The minimum Gasteiger partial charge on any atom is -0.497 e. The van der Waals surface area contributed by atoms with Crippen molar-refractivity contribution >= 4 is 10.8 Å². The first-order chi connectivity index (χ1) is 13.5. The van der Waals surface area contributed by atoms with Crippen molar-refractivity contribution in [1.82, 2.24) is 0 Å². The first-order valence-corrected chi connectivity index (χ1v) is 10.7. The monoisotopic (exact) mass is 390 g/mol. The van der Waals surface area contributed by atoms with Crippen molar-refractivity contribution in [3.8, 4) is 5.75 Å². The van der Waals surface area contributed by atoms with Crippen molar-refractivity contribution < 1.29 is 17.9 Å². The molecule has 2 aromatic rings. The number of hydrogen-bond donors (Lipinski definition) is 0. The van der Waals surface area contributed by atoms with Gasteiger partial charge >= 0.3 is 0 Å². The van der Waals surface area contributed by atoms with Gasteiger partial charge in [0, 0.05) is 11.6 Å². The van der Waals surface area contributed by atoms with Gasteiger partial charge in [0.2, 0.25) is 0 Å². The minimum atomic E-state index is -0.724. The predicted molar refractivity (Wildman–Crippen MR) is 106 cm³/mol. The van der Waals surface area contributed by atoms with Crippen LogP contribution in [0.2, 0.25) is 0 Å². The van der Waals surface area contributed by atoms with Gasteiger partial charge in [-0.2, -0.15) is 0 Å². The topological polar surface area (TPSA) is 9.23 Å². The van der Waals surface area contributed by atoms with Crippen LogP contribution in [0.1, 0.15) is 69.8 Å². The number of benzene rings is 2. The lowest BCUT2D eigenvalue weighted by Gasteiger charge is -2.42. The van der Waals surface area contributed by atoms with Crippen molar-refractivity contribution in [3.63, 3.8) is 0 Å². The Morgan fingerprint density at radius 2 is 1.68 bits per heavy atom. The zero-order valence-electron chi connectivity index (χ0n) is 16.7. The summed E-state index contributed by atoms with van der Waals surface area (Å²) in [6, 6.07) is 3.92. The van der Waals surface area contributed by atoms with E-state index in [9.17, 15) is 8.78 Å². The smallest absolute Gasteiger partial charge is 0.140 e. The molecule has 2 fully saturated rings. The fraction of sp³-hybridized carbons (Fsp3) is 0.583. The van der Waals surface area contributed by atoms with E-state index in [1.54, 1.807) is 0 Å². The molecule has 2 aromatic carbocycles. The third kappa shape index (κ3) is 3.51. The highest BCUT2D eigenvalue weighted by Gasteiger charge is 2.37. The summed E-state index contributed by atoms with van der Waals surface area (Å²) in [5, 5.41) is 0.0929. The van der Waals surface area contributed by atoms with E-state index in [1.807, 2.05) is 0 Å². The lowest BCUT2D eigenvalue weighted by molar-refractivity contribution is 0.112. The third-order valence-electron chi connectivity index (χ3n) is 7.15. The second kappa shape index (κ2) is 7.96. The van der Waals surface area contributed by atoms with Crippen LogP contribution in [-0.4, -0.2) is 7.11 Å². The van der Waals surface area contributed by atoms with Crippen molar-refractivity contribution in [2.45, 2.75) is 64.2 Å². The highest BCUT2D eigenvalue weighted by Crippen LogP contribution is 2.49. The van der Waals surface area contributed by atoms with E-state index < -0.39 is 17.5 Å². The van der Waals surface area contributed by atoms with Gasteiger partial charge in [-0.05, 0) is 73.3 Å². The van der Waals surface area contributed by atoms with Crippen molar-refractivity contribution in [1.29, 1.82) is 0 Å². The molecular weight excluding hydrogens is 361 g/mol. The van der Waals surface area contributed by atoms with Crippen LogP contribution in [0.25, 0.3) is 10.8 Å². The van der Waals surface area contributed by atoms with Gasteiger partial charge in [0.25, 0.3) is 0 Å². The van der Waals surface area contributed by atoms with Crippen LogP contribution >= 0.6 is 0 Å². The van der Waals surface area contributed by atoms with E-state index in [-0.39, 0.29) is 28.0 Å². The summed E-state index contributed by atoms with van der Waals surface area (Å²) >= 11 is 0. The molecule has 0 N–H and O–H groups in total. The highest BCUT2D eigenvalue weighted by atomic mass is 19.1. The summed E-state index contributed by atoms with van der Waals surface area (Å²) in [6.07, 6.45) is 8.82. The second-order valence-electron chi connectivity index (χ2n) is 8.79. The Hall–Kier alpha value is -1.71. The van der Waals surface area contributed by atoms with Gasteiger partial charge in [0.05, 0.1) is 12.5 Å². The van der Waals surface area contributed by atoms with Gasteiger partial charge in [-0.15, -0.1) is 0 Å². The largest absolute Gasteiger partial charge is 0.497 e. The molecule has 0 bridgehead atoms. The lowest BCUT2D eigenvalue weighted by atomic mass is 9.63. The van der Waals surface area contributed by atoms with Crippen LogP contribution in [-0.2, 0) is 0 Å². The Bertz CT molecular complexity index is 863. The number of ether oxygens (including phenoxy) is 1. The molecule has 0 radical (unpaired) electrons. The van der Waals surface area contributed by atoms with Gasteiger partial charge in [0.15, 0.2) is 0 Å². The Kier molecular flexibility index (Phi) is 5.57. The summed E-state index contributed by atoms with van der Waals surface area (Å²) in [5.74, 6) is 0.189. The zero-order valence-corrected chi connectivity index (χ0v) is 16.7. The fourth-order valence-corrected chi connectivity index (χ4v) is 5.81. The first-order valence-electron chi connectivity index (χ1n) is 10.7. The molecule has 2 aliphatic rings. The van der Waals surface area contributed by atoms with E-state index in [0.29, 0.717) is 11.8 Å². The van der Waals surface area contributed by atoms with Crippen LogP contribution in [0.15, 0.2) is 18.2 Å². The Morgan fingerprint density at radius 3 is 2.43 bits per heavy atom. The normalized spacial score (nSPS) is 27.6. The average molecular weight is 390 g/mol. The fourth-order valence-electron chi connectivity index (χ4n) is 5.81. The molecule has 4 atom stereocenters. The molecule has 4 rings (SSSR count). The van der Waals surface area contributed by atoms with Crippen LogP contribution in [0.3, 0.4) is 0 Å². The maximum atomic E-state index is 15.3. The van der Waals surface area contributed by atoms with Crippen molar-refractivity contribution in [2.75, 3.05) is 7.11 Å². The van der Waals surface area contributed by atoms with Crippen LogP contribution < -0.4 is 4.74 Å². The molecule has 2 unspecified atom stereocenters. The lowest BCUT2D eigenvalue weighted by Crippen LogP contribution is -2.31. The highest BCUT2D eigenvalue weighted by molar-refractivity contribution is 5.86.